The number of hydrogen-bond donors (Lipinski definition) is 2. The molecule has 0 radical (unpaired) electrons. The first-order valence-corrected chi connectivity index (χ1v) is 8.48. The molecule has 7 nitrogen and oxygen atoms in total. The summed E-state index contributed by atoms with van der Waals surface area (Å²) in [6.07, 6.45) is 2.13. The number of hydrazine groups is 1. The first-order valence-electron chi connectivity index (χ1n) is 8.48. The SMILES string of the molecule is COc1ccc(C(=O)N[C@@H](C(=O)NN2CCCCC2=O)C(C)C)cc1. The molecule has 0 aliphatic carbocycles. The maximum atomic E-state index is 12.5. The molecule has 0 spiro atoms. The average Bonchev–Trinajstić information content (AvgIpc) is 2.61. The Kier molecular flexibility index (Phi) is 6.38. The van der Waals surface area contributed by atoms with Crippen molar-refractivity contribution in [2.24, 2.45) is 5.92 Å². The Bertz CT molecular complexity index is 628. The van der Waals surface area contributed by atoms with Gasteiger partial charge < -0.3 is 10.1 Å². The summed E-state index contributed by atoms with van der Waals surface area (Å²) in [6.45, 7) is 4.19. The molecule has 1 aliphatic heterocycles. The molecule has 1 aromatic carbocycles. The molecule has 1 heterocycles. The third-order valence-corrected chi connectivity index (χ3v) is 4.16. The smallest absolute Gasteiger partial charge is 0.261 e. The van der Waals surface area contributed by atoms with Crippen molar-refractivity contribution in [3.05, 3.63) is 29.8 Å². The van der Waals surface area contributed by atoms with Gasteiger partial charge in [0, 0.05) is 18.5 Å². The Morgan fingerprint density at radius 2 is 1.84 bits per heavy atom. The number of amides is 3. The largest absolute Gasteiger partial charge is 0.497 e. The van der Waals surface area contributed by atoms with E-state index >= 15 is 0 Å². The van der Waals surface area contributed by atoms with Gasteiger partial charge in [0.25, 0.3) is 11.8 Å². The third-order valence-electron chi connectivity index (χ3n) is 4.16. The molecule has 136 valence electrons. The van der Waals surface area contributed by atoms with E-state index in [2.05, 4.69) is 10.7 Å². The highest BCUT2D eigenvalue weighted by atomic mass is 16.5. The average molecular weight is 347 g/mol. The van der Waals surface area contributed by atoms with Crippen LogP contribution in [0.2, 0.25) is 0 Å². The van der Waals surface area contributed by atoms with E-state index in [4.69, 9.17) is 4.74 Å². The summed E-state index contributed by atoms with van der Waals surface area (Å²) < 4.78 is 5.07. The number of rotatable bonds is 6. The first-order chi connectivity index (χ1) is 11.9. The highest BCUT2D eigenvalue weighted by Gasteiger charge is 2.28. The lowest BCUT2D eigenvalue weighted by atomic mass is 10.0. The van der Waals surface area contributed by atoms with Crippen LogP contribution in [0.25, 0.3) is 0 Å². The molecule has 7 heteroatoms. The Morgan fingerprint density at radius 1 is 1.16 bits per heavy atom. The van der Waals surface area contributed by atoms with E-state index < -0.39 is 6.04 Å². The van der Waals surface area contributed by atoms with Gasteiger partial charge in [-0.2, -0.15) is 0 Å². The van der Waals surface area contributed by atoms with E-state index in [1.54, 1.807) is 31.4 Å². The molecular weight excluding hydrogens is 322 g/mol. The van der Waals surface area contributed by atoms with Gasteiger partial charge in [-0.3, -0.25) is 24.8 Å². The van der Waals surface area contributed by atoms with Gasteiger partial charge in [0.15, 0.2) is 0 Å². The van der Waals surface area contributed by atoms with Crippen LogP contribution in [0.4, 0.5) is 0 Å². The molecule has 1 aliphatic rings. The Morgan fingerprint density at radius 3 is 2.40 bits per heavy atom. The van der Waals surface area contributed by atoms with Crippen molar-refractivity contribution >= 4 is 17.7 Å². The van der Waals surface area contributed by atoms with Crippen LogP contribution in [0.5, 0.6) is 5.75 Å². The molecule has 25 heavy (non-hydrogen) atoms. The molecule has 3 amide bonds. The van der Waals surface area contributed by atoms with Gasteiger partial charge in [-0.25, -0.2) is 0 Å². The molecule has 0 saturated carbocycles. The molecule has 0 aromatic heterocycles. The summed E-state index contributed by atoms with van der Waals surface area (Å²) in [5.74, 6) is -0.294. The lowest BCUT2D eigenvalue weighted by Gasteiger charge is -2.30. The number of carbonyl (C=O) groups excluding carboxylic acids is 3. The van der Waals surface area contributed by atoms with Gasteiger partial charge in [0.05, 0.1) is 7.11 Å². The van der Waals surface area contributed by atoms with E-state index in [9.17, 15) is 14.4 Å². The van der Waals surface area contributed by atoms with E-state index in [-0.39, 0.29) is 23.6 Å². The second kappa shape index (κ2) is 8.50. The number of nitrogens with one attached hydrogen (secondary N) is 2. The minimum absolute atomic E-state index is 0.0939. The molecule has 2 rings (SSSR count). The summed E-state index contributed by atoms with van der Waals surface area (Å²) in [4.78, 5) is 36.8. The number of ether oxygens (including phenoxy) is 1. The van der Waals surface area contributed by atoms with Crippen LogP contribution in [0.3, 0.4) is 0 Å². The van der Waals surface area contributed by atoms with E-state index in [1.807, 2.05) is 13.8 Å². The fraction of sp³-hybridized carbons (Fsp3) is 0.500. The Balaban J connectivity index is 2.02. The van der Waals surface area contributed by atoms with Crippen molar-refractivity contribution in [1.82, 2.24) is 15.8 Å². The highest BCUT2D eigenvalue weighted by Crippen LogP contribution is 2.13. The monoisotopic (exact) mass is 347 g/mol. The maximum absolute atomic E-state index is 12.5. The summed E-state index contributed by atoms with van der Waals surface area (Å²) >= 11 is 0. The van der Waals surface area contributed by atoms with Gasteiger partial charge in [0.1, 0.15) is 11.8 Å². The summed E-state index contributed by atoms with van der Waals surface area (Å²) in [5, 5.41) is 4.09. The quantitative estimate of drug-likeness (QED) is 0.816. The van der Waals surface area contributed by atoms with Gasteiger partial charge in [-0.1, -0.05) is 13.8 Å². The van der Waals surface area contributed by atoms with Crippen LogP contribution in [-0.4, -0.2) is 42.4 Å². The lowest BCUT2D eigenvalue weighted by molar-refractivity contribution is -0.144. The zero-order chi connectivity index (χ0) is 18.4. The van der Waals surface area contributed by atoms with Crippen molar-refractivity contribution in [3.63, 3.8) is 0 Å². The molecular formula is C18H25N3O4. The predicted molar refractivity (Wildman–Crippen MR) is 92.8 cm³/mol. The van der Waals surface area contributed by atoms with Crippen LogP contribution in [0, 0.1) is 5.92 Å². The third kappa shape index (κ3) is 4.95. The molecule has 0 unspecified atom stereocenters. The highest BCUT2D eigenvalue weighted by molar-refractivity contribution is 5.98. The van der Waals surface area contributed by atoms with E-state index in [1.165, 1.54) is 5.01 Å². The number of benzene rings is 1. The zero-order valence-electron chi connectivity index (χ0n) is 14.9. The normalized spacial score (nSPS) is 15.7. The first kappa shape index (κ1) is 18.8. The minimum Gasteiger partial charge on any atom is -0.497 e. The van der Waals surface area contributed by atoms with Crippen molar-refractivity contribution in [2.75, 3.05) is 13.7 Å². The maximum Gasteiger partial charge on any atom is 0.261 e. The van der Waals surface area contributed by atoms with Crippen molar-refractivity contribution in [1.29, 1.82) is 0 Å². The summed E-state index contributed by atoms with van der Waals surface area (Å²) in [5.41, 5.74) is 3.07. The van der Waals surface area contributed by atoms with Gasteiger partial charge >= 0.3 is 0 Å². The Labute approximate surface area is 147 Å². The zero-order valence-corrected chi connectivity index (χ0v) is 14.9. The number of piperidine rings is 1. The second-order valence-electron chi connectivity index (χ2n) is 6.40. The van der Waals surface area contributed by atoms with Gasteiger partial charge in [-0.05, 0) is 43.0 Å². The van der Waals surface area contributed by atoms with E-state index in [0.717, 1.165) is 12.8 Å². The summed E-state index contributed by atoms with van der Waals surface area (Å²) in [6, 6.07) is 5.91. The molecule has 1 fully saturated rings. The molecule has 1 aromatic rings. The number of methoxy groups -OCH3 is 1. The van der Waals surface area contributed by atoms with Crippen molar-refractivity contribution in [2.45, 2.75) is 39.2 Å². The minimum atomic E-state index is -0.732. The van der Waals surface area contributed by atoms with E-state index in [0.29, 0.717) is 24.3 Å². The fourth-order valence-corrected chi connectivity index (χ4v) is 2.63. The standard InChI is InChI=1S/C18H25N3O4/c1-12(2)16(18(24)20-21-11-5-4-6-15(21)22)19-17(23)13-7-9-14(25-3)10-8-13/h7-10,12,16H,4-6,11H2,1-3H3,(H,19,23)(H,20,24)/t16-/m1/s1. The van der Waals surface area contributed by atoms with Gasteiger partial charge in [-0.15, -0.1) is 0 Å². The molecule has 0 bridgehead atoms. The molecule has 1 saturated heterocycles. The van der Waals surface area contributed by atoms with Crippen LogP contribution in [-0.2, 0) is 9.59 Å². The number of hydrogen-bond acceptors (Lipinski definition) is 4. The van der Waals surface area contributed by atoms with Crippen molar-refractivity contribution in [3.8, 4) is 5.75 Å². The van der Waals surface area contributed by atoms with Crippen LogP contribution in [0.15, 0.2) is 24.3 Å². The number of carbonyl (C=O) groups is 3. The summed E-state index contributed by atoms with van der Waals surface area (Å²) in [7, 11) is 1.55. The topological polar surface area (TPSA) is 87.7 Å². The second-order valence-corrected chi connectivity index (χ2v) is 6.40. The predicted octanol–water partition coefficient (Wildman–Crippen LogP) is 1.49. The van der Waals surface area contributed by atoms with Crippen LogP contribution in [0.1, 0.15) is 43.5 Å². The Hall–Kier alpha value is -2.57. The molecule has 2 N–H and O–H groups in total. The fourth-order valence-electron chi connectivity index (χ4n) is 2.63. The van der Waals surface area contributed by atoms with Crippen LogP contribution < -0.4 is 15.5 Å². The molecule has 1 atom stereocenters. The number of nitrogens with zero attached hydrogens (tertiary/aromatic N) is 1. The van der Waals surface area contributed by atoms with Crippen molar-refractivity contribution < 1.29 is 19.1 Å². The lowest BCUT2D eigenvalue weighted by Crippen LogP contribution is -2.56. The van der Waals surface area contributed by atoms with Gasteiger partial charge in [0.2, 0.25) is 5.91 Å². The van der Waals surface area contributed by atoms with Crippen LogP contribution >= 0.6 is 0 Å².